The van der Waals surface area contributed by atoms with Gasteiger partial charge in [0.2, 0.25) is 0 Å². The molecule has 0 aromatic heterocycles. The molecule has 0 radical (unpaired) electrons. The van der Waals surface area contributed by atoms with E-state index in [1.54, 1.807) is 0 Å². The molecule has 2 heterocycles. The van der Waals surface area contributed by atoms with E-state index in [9.17, 15) is 9.90 Å². The van der Waals surface area contributed by atoms with Gasteiger partial charge in [0.1, 0.15) is 11.4 Å². The fourth-order valence-corrected chi connectivity index (χ4v) is 4.12. The number of carboxylic acid groups (broad SMARTS) is 1. The lowest BCUT2D eigenvalue weighted by atomic mass is 9.81. The number of benzene rings is 2. The van der Waals surface area contributed by atoms with Gasteiger partial charge in [-0.3, -0.25) is 10.3 Å². The highest BCUT2D eigenvalue weighted by Gasteiger charge is 2.39. The minimum atomic E-state index is -1.09. The van der Waals surface area contributed by atoms with Gasteiger partial charge in [0.25, 0.3) is 0 Å². The van der Waals surface area contributed by atoms with Crippen molar-refractivity contribution in [2.24, 2.45) is 4.99 Å². The lowest BCUT2D eigenvalue weighted by molar-refractivity contribution is 0.139. The van der Waals surface area contributed by atoms with E-state index in [2.05, 4.69) is 31.3 Å². The molecule has 2 aromatic carbocycles. The summed E-state index contributed by atoms with van der Waals surface area (Å²) in [6.45, 7) is 8.26. The van der Waals surface area contributed by atoms with Crippen molar-refractivity contribution in [1.82, 2.24) is 0 Å². The minimum absolute atomic E-state index is 0.262. The van der Waals surface area contributed by atoms with E-state index < -0.39 is 6.09 Å². The molecule has 0 atom stereocenters. The van der Waals surface area contributed by atoms with Crippen molar-refractivity contribution < 1.29 is 14.6 Å². The molecule has 2 N–H and O–H groups in total. The first-order valence-electron chi connectivity index (χ1n) is 9.19. The Labute approximate surface area is 159 Å². The maximum atomic E-state index is 11.3. The van der Waals surface area contributed by atoms with Gasteiger partial charge in [-0.05, 0) is 45.7 Å². The van der Waals surface area contributed by atoms with Gasteiger partial charge in [-0.1, -0.05) is 30.3 Å². The lowest BCUT2D eigenvalue weighted by Gasteiger charge is -2.31. The van der Waals surface area contributed by atoms with Crippen LogP contribution in [0.15, 0.2) is 41.4 Å². The van der Waals surface area contributed by atoms with Gasteiger partial charge in [0.15, 0.2) is 0 Å². The summed E-state index contributed by atoms with van der Waals surface area (Å²) in [4.78, 5) is 16.4. The highest BCUT2D eigenvalue weighted by atomic mass is 16.5. The fourth-order valence-electron chi connectivity index (χ4n) is 4.12. The number of aliphatic imine (C=N–C) groups is 1. The number of nitrogens with zero attached hydrogens (tertiary/aromatic N) is 1. The molecular formula is C22H24N2O3. The second kappa shape index (κ2) is 5.84. The summed E-state index contributed by atoms with van der Waals surface area (Å²) in [6.07, 6.45) is 0.379. The van der Waals surface area contributed by atoms with Crippen LogP contribution >= 0.6 is 0 Å². The summed E-state index contributed by atoms with van der Waals surface area (Å²) in [5.74, 6) is 0.629. The average molecular weight is 364 g/mol. The Morgan fingerprint density at radius 1 is 1.15 bits per heavy atom. The topological polar surface area (TPSA) is 70.9 Å². The molecule has 5 heteroatoms. The Balaban J connectivity index is 1.98. The summed E-state index contributed by atoms with van der Waals surface area (Å²) in [6, 6.07) is 12.1. The molecule has 5 nitrogen and oxygen atoms in total. The summed E-state index contributed by atoms with van der Waals surface area (Å²) in [7, 11) is 0. The summed E-state index contributed by atoms with van der Waals surface area (Å²) >= 11 is 0. The van der Waals surface area contributed by atoms with Crippen LogP contribution in [0.25, 0.3) is 0 Å². The van der Waals surface area contributed by atoms with Crippen LogP contribution < -0.4 is 10.1 Å². The molecular weight excluding hydrogens is 340 g/mol. The van der Waals surface area contributed by atoms with E-state index >= 15 is 0 Å². The summed E-state index contributed by atoms with van der Waals surface area (Å²) in [5, 5.41) is 11.8. The Kier molecular flexibility index (Phi) is 3.81. The smallest absolute Gasteiger partial charge is 0.409 e. The van der Waals surface area contributed by atoms with Crippen LogP contribution in [0.4, 0.5) is 10.5 Å². The van der Waals surface area contributed by atoms with E-state index in [4.69, 9.17) is 9.73 Å². The van der Waals surface area contributed by atoms with Gasteiger partial charge in [-0.15, -0.1) is 0 Å². The number of anilines is 1. The standard InChI is InChI=1S/C22H24N2O3/c1-21(2)11-14-10-16(23-20(25)26)19-15(12-22(3,4)27-19)17(14)18(24-21)13-8-6-5-7-9-13/h5-10,23H,11-12H2,1-4H3,(H,25,26). The molecule has 0 unspecified atom stereocenters. The second-order valence-corrected chi connectivity index (χ2v) is 8.55. The van der Waals surface area contributed by atoms with Crippen LogP contribution in [-0.4, -0.2) is 28.1 Å². The first-order valence-corrected chi connectivity index (χ1v) is 9.19. The maximum absolute atomic E-state index is 11.3. The molecule has 0 aliphatic carbocycles. The molecule has 0 bridgehead atoms. The van der Waals surface area contributed by atoms with E-state index in [1.165, 1.54) is 0 Å². The molecule has 0 saturated heterocycles. The van der Waals surface area contributed by atoms with Crippen LogP contribution in [0.3, 0.4) is 0 Å². The van der Waals surface area contributed by atoms with Crippen molar-refractivity contribution in [2.45, 2.75) is 51.7 Å². The predicted octanol–water partition coefficient (Wildman–Crippen LogP) is 4.66. The van der Waals surface area contributed by atoms with Crippen LogP contribution in [0.5, 0.6) is 5.75 Å². The molecule has 4 rings (SSSR count). The quantitative estimate of drug-likeness (QED) is 0.814. The third kappa shape index (κ3) is 3.18. The van der Waals surface area contributed by atoms with Gasteiger partial charge in [0.05, 0.1) is 16.9 Å². The maximum Gasteiger partial charge on any atom is 0.409 e. The number of ether oxygens (including phenoxy) is 1. The molecule has 2 aliphatic rings. The molecule has 140 valence electrons. The highest BCUT2D eigenvalue weighted by molar-refractivity contribution is 6.16. The Hall–Kier alpha value is -2.82. The van der Waals surface area contributed by atoms with Crippen molar-refractivity contribution >= 4 is 17.5 Å². The predicted molar refractivity (Wildman–Crippen MR) is 106 cm³/mol. The van der Waals surface area contributed by atoms with Gasteiger partial charge in [-0.2, -0.15) is 0 Å². The Morgan fingerprint density at radius 2 is 1.85 bits per heavy atom. The Bertz CT molecular complexity index is 959. The number of carbonyl (C=O) groups is 1. The van der Waals surface area contributed by atoms with Gasteiger partial charge in [-0.25, -0.2) is 4.79 Å². The van der Waals surface area contributed by atoms with Crippen molar-refractivity contribution in [3.8, 4) is 5.75 Å². The van der Waals surface area contributed by atoms with E-state index in [1.807, 2.05) is 38.1 Å². The monoisotopic (exact) mass is 364 g/mol. The third-order valence-corrected chi connectivity index (χ3v) is 5.00. The first-order chi connectivity index (χ1) is 12.7. The molecule has 0 fully saturated rings. The van der Waals surface area contributed by atoms with Crippen LogP contribution in [0.2, 0.25) is 0 Å². The molecule has 2 aliphatic heterocycles. The van der Waals surface area contributed by atoms with Crippen molar-refractivity contribution in [1.29, 1.82) is 0 Å². The number of hydrogen-bond donors (Lipinski definition) is 2. The molecule has 0 saturated carbocycles. The van der Waals surface area contributed by atoms with Crippen molar-refractivity contribution in [3.63, 3.8) is 0 Å². The highest BCUT2D eigenvalue weighted by Crippen LogP contribution is 2.46. The van der Waals surface area contributed by atoms with Gasteiger partial charge >= 0.3 is 6.09 Å². The molecule has 2 aromatic rings. The van der Waals surface area contributed by atoms with E-state index in [-0.39, 0.29) is 11.1 Å². The molecule has 27 heavy (non-hydrogen) atoms. The van der Waals surface area contributed by atoms with E-state index in [0.717, 1.165) is 34.4 Å². The summed E-state index contributed by atoms with van der Waals surface area (Å²) < 4.78 is 6.15. The van der Waals surface area contributed by atoms with Crippen LogP contribution in [-0.2, 0) is 12.8 Å². The third-order valence-electron chi connectivity index (χ3n) is 5.00. The average Bonchev–Trinajstić information content (AvgIpc) is 2.89. The number of hydrogen-bond acceptors (Lipinski definition) is 3. The van der Waals surface area contributed by atoms with Gasteiger partial charge in [0, 0.05) is 23.1 Å². The fraction of sp³-hybridized carbons (Fsp3) is 0.364. The minimum Gasteiger partial charge on any atom is -0.485 e. The lowest BCUT2D eigenvalue weighted by Crippen LogP contribution is -2.30. The number of amides is 1. The van der Waals surface area contributed by atoms with Gasteiger partial charge < -0.3 is 9.84 Å². The second-order valence-electron chi connectivity index (χ2n) is 8.55. The van der Waals surface area contributed by atoms with Crippen molar-refractivity contribution in [3.05, 3.63) is 58.7 Å². The zero-order valence-corrected chi connectivity index (χ0v) is 16.1. The van der Waals surface area contributed by atoms with E-state index in [0.29, 0.717) is 17.9 Å². The molecule has 1 amide bonds. The number of fused-ring (bicyclic) bond motifs is 3. The number of nitrogens with one attached hydrogen (secondary N) is 1. The summed E-state index contributed by atoms with van der Waals surface area (Å²) in [5.41, 5.74) is 5.14. The normalized spacial score (nSPS) is 18.7. The zero-order chi connectivity index (χ0) is 19.4. The van der Waals surface area contributed by atoms with Crippen LogP contribution in [0, 0.1) is 0 Å². The Morgan fingerprint density at radius 3 is 2.52 bits per heavy atom. The largest absolute Gasteiger partial charge is 0.485 e. The molecule has 0 spiro atoms. The zero-order valence-electron chi connectivity index (χ0n) is 16.1. The first kappa shape index (κ1) is 17.6. The SMILES string of the molecule is CC1(C)Cc2cc(NC(=O)O)c3c(c2C(c2ccccc2)=N1)CC(C)(C)O3. The number of rotatable bonds is 2. The van der Waals surface area contributed by atoms with Crippen LogP contribution in [0.1, 0.15) is 49.9 Å². The van der Waals surface area contributed by atoms with Crippen molar-refractivity contribution in [2.75, 3.05) is 5.32 Å².